The van der Waals surface area contributed by atoms with E-state index in [0.29, 0.717) is 11.6 Å². The molecule has 30 heavy (non-hydrogen) atoms. The van der Waals surface area contributed by atoms with Gasteiger partial charge in [-0.2, -0.15) is 5.10 Å². The van der Waals surface area contributed by atoms with E-state index in [0.717, 1.165) is 30.4 Å². The maximum absolute atomic E-state index is 12.2. The first-order valence-electron chi connectivity index (χ1n) is 8.99. The van der Waals surface area contributed by atoms with Crippen molar-refractivity contribution in [3.8, 4) is 0 Å². The van der Waals surface area contributed by atoms with Crippen LogP contribution in [0.4, 0.5) is 0 Å². The number of carbonyl (C=O) groups excluding carboxylic acids is 1. The Kier molecular flexibility index (Phi) is 6.89. The molecule has 4 rings (SSSR count). The van der Waals surface area contributed by atoms with Crippen LogP contribution in [0.3, 0.4) is 0 Å². The number of thiophene rings is 1. The monoisotopic (exact) mass is 518 g/mol. The lowest BCUT2D eigenvalue weighted by Crippen LogP contribution is -2.20. The number of amides is 1. The molecular formula is C21H16BrClN4OS2. The normalized spacial score (nSPS) is 11.4. The van der Waals surface area contributed by atoms with Crippen LogP contribution < -0.4 is 5.43 Å². The lowest BCUT2D eigenvalue weighted by Gasteiger charge is -2.10. The Hall–Kier alpha value is -2.13. The summed E-state index contributed by atoms with van der Waals surface area (Å²) in [7, 11) is 0. The highest BCUT2D eigenvalue weighted by atomic mass is 79.9. The fourth-order valence-electron chi connectivity index (χ4n) is 2.84. The van der Waals surface area contributed by atoms with E-state index in [9.17, 15) is 4.79 Å². The van der Waals surface area contributed by atoms with Crippen LogP contribution in [0.1, 0.15) is 10.4 Å². The van der Waals surface area contributed by atoms with Crippen LogP contribution in [0.25, 0.3) is 11.0 Å². The molecule has 0 aliphatic rings. The van der Waals surface area contributed by atoms with Gasteiger partial charge in [0.1, 0.15) is 0 Å². The Morgan fingerprint density at radius 1 is 1.20 bits per heavy atom. The second-order valence-electron chi connectivity index (χ2n) is 6.28. The molecule has 0 unspecified atom stereocenters. The summed E-state index contributed by atoms with van der Waals surface area (Å²) in [5.74, 6) is 0.0142. The number of nitrogens with one attached hydrogen (secondary N) is 1. The molecule has 2 aromatic carbocycles. The molecule has 0 radical (unpaired) electrons. The smallest absolute Gasteiger partial charge is 0.250 e. The first kappa shape index (κ1) is 21.1. The van der Waals surface area contributed by atoms with Crippen molar-refractivity contribution in [1.29, 1.82) is 0 Å². The van der Waals surface area contributed by atoms with E-state index < -0.39 is 0 Å². The van der Waals surface area contributed by atoms with Gasteiger partial charge in [0.25, 0.3) is 5.91 Å². The van der Waals surface area contributed by atoms with Crippen LogP contribution >= 0.6 is 50.6 Å². The fraction of sp³-hybridized carbons (Fsp3) is 0.0952. The number of hydrogen-bond acceptors (Lipinski definition) is 5. The Morgan fingerprint density at radius 3 is 2.80 bits per heavy atom. The largest absolute Gasteiger partial charge is 0.314 e. The molecule has 5 nitrogen and oxygen atoms in total. The zero-order valence-corrected chi connectivity index (χ0v) is 19.6. The van der Waals surface area contributed by atoms with Crippen LogP contribution in [0.15, 0.2) is 74.7 Å². The maximum Gasteiger partial charge on any atom is 0.250 e. The van der Waals surface area contributed by atoms with Crippen molar-refractivity contribution >= 4 is 73.8 Å². The Bertz CT molecular complexity index is 1220. The van der Waals surface area contributed by atoms with E-state index in [1.807, 2.05) is 60.7 Å². The third-order valence-corrected chi connectivity index (χ3v) is 7.12. The summed E-state index contributed by atoms with van der Waals surface area (Å²) < 4.78 is 3.10. The van der Waals surface area contributed by atoms with Crippen LogP contribution in [0.5, 0.6) is 0 Å². The van der Waals surface area contributed by atoms with Crippen molar-refractivity contribution in [2.75, 3.05) is 5.75 Å². The van der Waals surface area contributed by atoms with Crippen molar-refractivity contribution in [2.45, 2.75) is 11.7 Å². The van der Waals surface area contributed by atoms with Crippen molar-refractivity contribution in [1.82, 2.24) is 15.0 Å². The van der Waals surface area contributed by atoms with Gasteiger partial charge in [-0.05, 0) is 51.8 Å². The van der Waals surface area contributed by atoms with E-state index in [4.69, 9.17) is 16.6 Å². The standard InChI is InChI=1S/C21H16BrClN4OS2/c22-19-10-9-15(30-19)11-24-26-20(28)13-29-21-25-17-7-3-4-8-18(17)27(21)12-14-5-1-2-6-16(14)23/h1-11H,12-13H2,(H,26,28)/b24-11-. The highest BCUT2D eigenvalue weighted by molar-refractivity contribution is 9.11. The summed E-state index contributed by atoms with van der Waals surface area (Å²) in [5, 5.41) is 5.49. The third kappa shape index (κ3) is 5.13. The summed E-state index contributed by atoms with van der Waals surface area (Å²) in [4.78, 5) is 17.9. The Morgan fingerprint density at radius 2 is 2.00 bits per heavy atom. The van der Waals surface area contributed by atoms with E-state index in [2.05, 4.69) is 31.0 Å². The van der Waals surface area contributed by atoms with Gasteiger partial charge in [-0.15, -0.1) is 11.3 Å². The average Bonchev–Trinajstić information content (AvgIpc) is 3.31. The summed E-state index contributed by atoms with van der Waals surface area (Å²) in [5.41, 5.74) is 5.45. The molecule has 4 aromatic rings. The molecule has 0 saturated heterocycles. The van der Waals surface area contributed by atoms with Crippen molar-refractivity contribution in [3.63, 3.8) is 0 Å². The van der Waals surface area contributed by atoms with E-state index in [1.54, 1.807) is 17.6 Å². The predicted molar refractivity (Wildman–Crippen MR) is 129 cm³/mol. The minimum atomic E-state index is -0.191. The van der Waals surface area contributed by atoms with E-state index >= 15 is 0 Å². The lowest BCUT2D eigenvalue weighted by atomic mass is 10.2. The SMILES string of the molecule is O=C(CSc1nc2ccccc2n1Cc1ccccc1Cl)N/N=C\c1ccc(Br)s1. The molecule has 0 aliphatic carbocycles. The quantitative estimate of drug-likeness (QED) is 0.191. The van der Waals surface area contributed by atoms with Gasteiger partial charge in [-0.3, -0.25) is 4.79 Å². The molecule has 0 fully saturated rings. The van der Waals surface area contributed by atoms with Gasteiger partial charge in [0, 0.05) is 9.90 Å². The summed E-state index contributed by atoms with van der Waals surface area (Å²) in [6.45, 7) is 0.579. The second kappa shape index (κ2) is 9.78. The number of carbonyl (C=O) groups is 1. The topological polar surface area (TPSA) is 59.3 Å². The first-order chi connectivity index (χ1) is 14.6. The van der Waals surface area contributed by atoms with Crippen LogP contribution in [0, 0.1) is 0 Å². The Labute approximate surface area is 195 Å². The zero-order chi connectivity index (χ0) is 20.9. The average molecular weight is 520 g/mol. The zero-order valence-electron chi connectivity index (χ0n) is 15.6. The highest BCUT2D eigenvalue weighted by Gasteiger charge is 2.14. The molecule has 0 bridgehead atoms. The summed E-state index contributed by atoms with van der Waals surface area (Å²) >= 11 is 12.7. The number of benzene rings is 2. The first-order valence-corrected chi connectivity index (χ1v) is 12.0. The third-order valence-electron chi connectivity index (χ3n) is 4.21. The van der Waals surface area contributed by atoms with Gasteiger partial charge < -0.3 is 4.57 Å². The molecule has 2 heterocycles. The molecule has 1 N–H and O–H groups in total. The summed E-state index contributed by atoms with van der Waals surface area (Å²) in [6, 6.07) is 19.5. The molecule has 0 atom stereocenters. The number of fused-ring (bicyclic) bond motifs is 1. The molecule has 0 aliphatic heterocycles. The van der Waals surface area contributed by atoms with Gasteiger partial charge in [-0.1, -0.05) is 53.7 Å². The molecule has 1 amide bonds. The van der Waals surface area contributed by atoms with Gasteiger partial charge in [0.2, 0.25) is 0 Å². The maximum atomic E-state index is 12.2. The van der Waals surface area contributed by atoms with E-state index in [-0.39, 0.29) is 11.7 Å². The number of rotatable bonds is 7. The molecule has 152 valence electrons. The minimum Gasteiger partial charge on any atom is -0.314 e. The van der Waals surface area contributed by atoms with Crippen molar-refractivity contribution in [2.24, 2.45) is 5.10 Å². The number of hydrogen-bond donors (Lipinski definition) is 1. The molecule has 0 spiro atoms. The summed E-state index contributed by atoms with van der Waals surface area (Å²) in [6.07, 6.45) is 1.63. The van der Waals surface area contributed by atoms with Gasteiger partial charge >= 0.3 is 0 Å². The van der Waals surface area contributed by atoms with Gasteiger partial charge in [0.05, 0.1) is 33.3 Å². The number of hydrazone groups is 1. The van der Waals surface area contributed by atoms with Gasteiger partial charge in [0.15, 0.2) is 5.16 Å². The predicted octanol–water partition coefficient (Wildman–Crippen LogP) is 5.80. The van der Waals surface area contributed by atoms with Crippen LogP contribution in [-0.2, 0) is 11.3 Å². The van der Waals surface area contributed by atoms with E-state index in [1.165, 1.54) is 11.8 Å². The van der Waals surface area contributed by atoms with Crippen molar-refractivity contribution in [3.05, 3.63) is 79.9 Å². The number of aromatic nitrogens is 2. The molecular weight excluding hydrogens is 504 g/mol. The molecule has 2 aromatic heterocycles. The number of thioether (sulfide) groups is 1. The number of para-hydroxylation sites is 2. The highest BCUT2D eigenvalue weighted by Crippen LogP contribution is 2.27. The Balaban J connectivity index is 1.47. The van der Waals surface area contributed by atoms with Crippen LogP contribution in [0.2, 0.25) is 5.02 Å². The number of nitrogens with zero attached hydrogens (tertiary/aromatic N) is 3. The number of halogens is 2. The lowest BCUT2D eigenvalue weighted by molar-refractivity contribution is -0.118. The van der Waals surface area contributed by atoms with Crippen LogP contribution in [-0.4, -0.2) is 27.4 Å². The number of imidazole rings is 1. The van der Waals surface area contributed by atoms with Gasteiger partial charge in [-0.25, -0.2) is 10.4 Å². The molecule has 9 heteroatoms. The minimum absolute atomic E-state index is 0.191. The second-order valence-corrected chi connectivity index (χ2v) is 10.1. The molecule has 0 saturated carbocycles. The van der Waals surface area contributed by atoms with Crippen molar-refractivity contribution < 1.29 is 4.79 Å². The fourth-order valence-corrected chi connectivity index (χ4v) is 5.14.